The average Bonchev–Trinajstić information content (AvgIpc) is 3.05. The summed E-state index contributed by atoms with van der Waals surface area (Å²) in [5, 5.41) is 2.82. The number of fused-ring (bicyclic) bond motifs is 1. The smallest absolute Gasteiger partial charge is 0.246 e. The summed E-state index contributed by atoms with van der Waals surface area (Å²) in [6.45, 7) is 2.75. The van der Waals surface area contributed by atoms with Crippen LogP contribution in [0.5, 0.6) is 0 Å². The maximum Gasteiger partial charge on any atom is 0.246 e. The van der Waals surface area contributed by atoms with Crippen molar-refractivity contribution in [3.8, 4) is 0 Å². The number of aryl methyl sites for hydroxylation is 1. The third kappa shape index (κ3) is 2.28. The van der Waals surface area contributed by atoms with E-state index in [1.54, 1.807) is 18.2 Å². The topological polar surface area (TPSA) is 90.4 Å². The normalized spacial score (nSPS) is 22.3. The molecule has 106 valence electrons. The quantitative estimate of drug-likeness (QED) is 0.884. The van der Waals surface area contributed by atoms with Crippen molar-refractivity contribution in [2.45, 2.75) is 25.3 Å². The van der Waals surface area contributed by atoms with Crippen molar-refractivity contribution >= 4 is 22.7 Å². The zero-order valence-corrected chi connectivity index (χ0v) is 11.3. The average molecular weight is 275 g/mol. The van der Waals surface area contributed by atoms with E-state index in [2.05, 4.69) is 10.3 Å². The predicted molar refractivity (Wildman–Crippen MR) is 74.4 cm³/mol. The lowest BCUT2D eigenvalue weighted by atomic mass is 9.99. The second kappa shape index (κ2) is 4.88. The number of nitrogens with one attached hydrogen (secondary N) is 1. The van der Waals surface area contributed by atoms with Crippen LogP contribution in [0.3, 0.4) is 0 Å². The second-order valence-electron chi connectivity index (χ2n) is 5.06. The minimum Gasteiger partial charge on any atom is -0.441 e. The number of hydrogen-bond acceptors (Lipinski definition) is 5. The molecule has 1 saturated heterocycles. The first-order valence-electron chi connectivity index (χ1n) is 6.68. The summed E-state index contributed by atoms with van der Waals surface area (Å²) >= 11 is 0. The van der Waals surface area contributed by atoms with Gasteiger partial charge in [-0.15, -0.1) is 0 Å². The minimum atomic E-state index is -0.937. The number of nitrogens with zero attached hydrogens (tertiary/aromatic N) is 1. The van der Waals surface area contributed by atoms with E-state index in [1.165, 1.54) is 0 Å². The number of aromatic nitrogens is 1. The Morgan fingerprint density at radius 1 is 1.55 bits per heavy atom. The highest BCUT2D eigenvalue weighted by molar-refractivity contribution is 5.99. The Balaban J connectivity index is 1.81. The molecule has 2 heterocycles. The van der Waals surface area contributed by atoms with E-state index in [0.29, 0.717) is 30.2 Å². The lowest BCUT2D eigenvalue weighted by Gasteiger charge is -2.20. The van der Waals surface area contributed by atoms with Crippen molar-refractivity contribution in [2.75, 3.05) is 18.5 Å². The van der Waals surface area contributed by atoms with Crippen molar-refractivity contribution < 1.29 is 13.9 Å². The first kappa shape index (κ1) is 13.1. The molecule has 1 aliphatic rings. The zero-order chi connectivity index (χ0) is 14.2. The molecule has 6 nitrogen and oxygen atoms in total. The Kier molecular flexibility index (Phi) is 3.19. The molecule has 6 heteroatoms. The highest BCUT2D eigenvalue weighted by Gasteiger charge is 2.38. The number of ether oxygens (including phenoxy) is 1. The van der Waals surface area contributed by atoms with Crippen molar-refractivity contribution in [3.63, 3.8) is 0 Å². The third-order valence-electron chi connectivity index (χ3n) is 3.50. The number of nitrogens with two attached hydrogens (primary N) is 1. The van der Waals surface area contributed by atoms with Gasteiger partial charge in [0, 0.05) is 18.7 Å². The summed E-state index contributed by atoms with van der Waals surface area (Å²) in [4.78, 5) is 16.5. The van der Waals surface area contributed by atoms with E-state index < -0.39 is 5.54 Å². The summed E-state index contributed by atoms with van der Waals surface area (Å²) in [6.07, 6.45) is 1.27. The number of hydrogen-bond donors (Lipinski definition) is 2. The van der Waals surface area contributed by atoms with Crippen LogP contribution < -0.4 is 11.1 Å². The van der Waals surface area contributed by atoms with E-state index >= 15 is 0 Å². The monoisotopic (exact) mass is 275 g/mol. The lowest BCUT2D eigenvalue weighted by Crippen LogP contribution is -2.51. The highest BCUT2D eigenvalue weighted by Crippen LogP contribution is 2.22. The zero-order valence-electron chi connectivity index (χ0n) is 11.3. The molecule has 1 aromatic carbocycles. The van der Waals surface area contributed by atoms with Gasteiger partial charge in [-0.1, -0.05) is 6.92 Å². The molecule has 1 fully saturated rings. The molecule has 1 amide bonds. The molecule has 1 aromatic heterocycles. The van der Waals surface area contributed by atoms with E-state index in [0.717, 1.165) is 11.9 Å². The number of anilines is 1. The predicted octanol–water partition coefficient (Wildman–Crippen LogP) is 1.45. The van der Waals surface area contributed by atoms with Crippen molar-refractivity contribution in [1.29, 1.82) is 0 Å². The minimum absolute atomic E-state index is 0.228. The fraction of sp³-hybridized carbons (Fsp3) is 0.429. The van der Waals surface area contributed by atoms with Crippen LogP contribution in [0.1, 0.15) is 19.2 Å². The van der Waals surface area contributed by atoms with Crippen LogP contribution in [0.25, 0.3) is 11.1 Å². The molecular weight excluding hydrogens is 258 g/mol. The Labute approximate surface area is 116 Å². The number of oxazole rings is 1. The Morgan fingerprint density at radius 3 is 3.10 bits per heavy atom. The van der Waals surface area contributed by atoms with Crippen molar-refractivity contribution in [3.05, 3.63) is 24.1 Å². The summed E-state index contributed by atoms with van der Waals surface area (Å²) in [6, 6.07) is 5.37. The molecule has 0 spiro atoms. The number of benzene rings is 1. The molecule has 0 radical (unpaired) electrons. The molecule has 0 bridgehead atoms. The molecule has 1 aliphatic heterocycles. The van der Waals surface area contributed by atoms with Gasteiger partial charge in [0.25, 0.3) is 0 Å². The van der Waals surface area contributed by atoms with Gasteiger partial charge in [-0.3, -0.25) is 4.79 Å². The molecule has 20 heavy (non-hydrogen) atoms. The van der Waals surface area contributed by atoms with Gasteiger partial charge in [0.15, 0.2) is 11.5 Å². The van der Waals surface area contributed by atoms with Crippen LogP contribution in [0.15, 0.2) is 22.6 Å². The first-order chi connectivity index (χ1) is 9.60. The van der Waals surface area contributed by atoms with Crippen LogP contribution in [-0.4, -0.2) is 29.6 Å². The van der Waals surface area contributed by atoms with Gasteiger partial charge < -0.3 is 20.2 Å². The molecule has 2 aromatic rings. The van der Waals surface area contributed by atoms with Gasteiger partial charge in [0.1, 0.15) is 11.1 Å². The van der Waals surface area contributed by atoms with Crippen molar-refractivity contribution in [2.24, 2.45) is 5.73 Å². The van der Waals surface area contributed by atoms with Gasteiger partial charge in [0.05, 0.1) is 6.61 Å². The highest BCUT2D eigenvalue weighted by atomic mass is 16.5. The molecule has 1 atom stereocenters. The molecule has 3 rings (SSSR count). The fourth-order valence-corrected chi connectivity index (χ4v) is 2.22. The van der Waals surface area contributed by atoms with Crippen LogP contribution in [0.2, 0.25) is 0 Å². The van der Waals surface area contributed by atoms with E-state index in [1.807, 2.05) is 6.92 Å². The van der Waals surface area contributed by atoms with Gasteiger partial charge >= 0.3 is 0 Å². The molecule has 0 aliphatic carbocycles. The molecule has 0 saturated carbocycles. The van der Waals surface area contributed by atoms with Crippen molar-refractivity contribution in [1.82, 2.24) is 4.98 Å². The summed E-state index contributed by atoms with van der Waals surface area (Å²) in [5.74, 6) is 0.455. The largest absolute Gasteiger partial charge is 0.441 e. The fourth-order valence-electron chi connectivity index (χ4n) is 2.22. The maximum atomic E-state index is 12.2. The van der Waals surface area contributed by atoms with Gasteiger partial charge in [-0.05, 0) is 24.6 Å². The Bertz CT molecular complexity index is 644. The van der Waals surface area contributed by atoms with E-state index in [9.17, 15) is 4.79 Å². The number of carbonyl (C=O) groups is 1. The molecule has 3 N–H and O–H groups in total. The first-order valence-corrected chi connectivity index (χ1v) is 6.68. The second-order valence-corrected chi connectivity index (χ2v) is 5.06. The third-order valence-corrected chi connectivity index (χ3v) is 3.50. The molecular formula is C14H17N3O3. The van der Waals surface area contributed by atoms with Gasteiger partial charge in [0.2, 0.25) is 5.91 Å². The lowest BCUT2D eigenvalue weighted by molar-refractivity contribution is -0.121. The SMILES string of the molecule is CCc1nc2cc(NC(=O)C3(N)CCOC3)ccc2o1. The van der Waals surface area contributed by atoms with Gasteiger partial charge in [-0.2, -0.15) is 0 Å². The van der Waals surface area contributed by atoms with Crippen LogP contribution in [-0.2, 0) is 16.0 Å². The summed E-state index contributed by atoms with van der Waals surface area (Å²) in [7, 11) is 0. The molecule has 1 unspecified atom stereocenters. The summed E-state index contributed by atoms with van der Waals surface area (Å²) in [5.41, 5.74) is 7.19. The van der Waals surface area contributed by atoms with E-state index in [-0.39, 0.29) is 12.5 Å². The Morgan fingerprint density at radius 2 is 2.40 bits per heavy atom. The number of rotatable bonds is 3. The van der Waals surface area contributed by atoms with E-state index in [4.69, 9.17) is 14.9 Å². The maximum absolute atomic E-state index is 12.2. The number of amides is 1. The Hall–Kier alpha value is -1.92. The summed E-state index contributed by atoms with van der Waals surface area (Å²) < 4.78 is 10.7. The van der Waals surface area contributed by atoms with Crippen LogP contribution in [0.4, 0.5) is 5.69 Å². The van der Waals surface area contributed by atoms with Gasteiger partial charge in [-0.25, -0.2) is 4.98 Å². The standard InChI is InChI=1S/C14H17N3O3/c1-2-12-17-10-7-9(3-4-11(10)20-12)16-13(18)14(15)5-6-19-8-14/h3-4,7H,2,5-6,8,15H2,1H3,(H,16,18). The van der Waals surface area contributed by atoms with Crippen LogP contribution in [0, 0.1) is 0 Å². The number of carbonyl (C=O) groups excluding carboxylic acids is 1. The van der Waals surface area contributed by atoms with Crippen LogP contribution >= 0.6 is 0 Å².